The van der Waals surface area contributed by atoms with E-state index in [1.807, 2.05) is 13.8 Å². The highest BCUT2D eigenvalue weighted by atomic mass is 16.6. The summed E-state index contributed by atoms with van der Waals surface area (Å²) in [5.74, 6) is -0.191. The number of carbonyl (C=O) groups excluding carboxylic acids is 1. The molecule has 1 aliphatic heterocycles. The van der Waals surface area contributed by atoms with Crippen molar-refractivity contribution in [3.05, 3.63) is 0 Å². The molecule has 4 nitrogen and oxygen atoms in total. The quantitative estimate of drug-likeness (QED) is 0.666. The molecule has 1 aliphatic rings. The lowest BCUT2D eigenvalue weighted by molar-refractivity contribution is -0.142. The second-order valence-corrected chi connectivity index (χ2v) is 2.61. The van der Waals surface area contributed by atoms with Gasteiger partial charge in [0.25, 0.3) is 0 Å². The molecule has 1 atom stereocenters. The van der Waals surface area contributed by atoms with E-state index in [1.54, 1.807) is 0 Å². The maximum Gasteiger partial charge on any atom is 0.306 e. The number of ether oxygens (including phenoxy) is 2. The van der Waals surface area contributed by atoms with Gasteiger partial charge in [-0.2, -0.15) is 0 Å². The lowest BCUT2D eigenvalue weighted by Gasteiger charge is -2.01. The number of hydrogen-bond donors (Lipinski definition) is 1. The molecule has 0 amide bonds. The van der Waals surface area contributed by atoms with Crippen LogP contribution >= 0.6 is 0 Å². The molecule has 78 valence electrons. The van der Waals surface area contributed by atoms with Gasteiger partial charge in [-0.15, -0.1) is 0 Å². The van der Waals surface area contributed by atoms with Gasteiger partial charge in [-0.1, -0.05) is 0 Å². The van der Waals surface area contributed by atoms with Gasteiger partial charge < -0.3 is 14.6 Å². The topological polar surface area (TPSA) is 55.8 Å². The predicted molar refractivity (Wildman–Crippen MR) is 48.4 cm³/mol. The van der Waals surface area contributed by atoms with Crippen LogP contribution in [0.3, 0.4) is 0 Å². The molecule has 0 aromatic carbocycles. The van der Waals surface area contributed by atoms with Crippen molar-refractivity contribution in [3.8, 4) is 0 Å². The Labute approximate surface area is 78.8 Å². The first kappa shape index (κ1) is 12.4. The van der Waals surface area contributed by atoms with E-state index in [9.17, 15) is 4.79 Å². The first-order chi connectivity index (χ1) is 6.24. The highest BCUT2D eigenvalue weighted by Gasteiger charge is 2.21. The summed E-state index contributed by atoms with van der Waals surface area (Å²) in [7, 11) is 0. The molecular formula is C9H18O4. The molecule has 0 aromatic rings. The number of hydrogen-bond acceptors (Lipinski definition) is 4. The van der Waals surface area contributed by atoms with Crippen LogP contribution in [0.2, 0.25) is 0 Å². The van der Waals surface area contributed by atoms with E-state index in [1.165, 1.54) is 0 Å². The Morgan fingerprint density at radius 2 is 2.15 bits per heavy atom. The Morgan fingerprint density at radius 3 is 2.31 bits per heavy atom. The van der Waals surface area contributed by atoms with Crippen LogP contribution in [0.15, 0.2) is 0 Å². The molecule has 1 rings (SSSR count). The molecule has 1 N–H and O–H groups in total. The van der Waals surface area contributed by atoms with Crippen molar-refractivity contribution in [2.45, 2.75) is 32.8 Å². The molecule has 1 fully saturated rings. The monoisotopic (exact) mass is 190 g/mol. The van der Waals surface area contributed by atoms with Crippen LogP contribution < -0.4 is 0 Å². The minimum atomic E-state index is -0.220. The third kappa shape index (κ3) is 6.54. The molecule has 0 saturated carbocycles. The standard InChI is InChI=1S/C5H8O3.C4H10O/c6-3-4-1-2-5(7)8-4;1-3-5-4-2/h4,6H,1-3H2;3-4H2,1-2H3/t4-;/m1./s1. The Bertz CT molecular complexity index is 134. The van der Waals surface area contributed by atoms with E-state index >= 15 is 0 Å². The van der Waals surface area contributed by atoms with Crippen molar-refractivity contribution in [1.82, 2.24) is 0 Å². The summed E-state index contributed by atoms with van der Waals surface area (Å²) in [5.41, 5.74) is 0. The van der Waals surface area contributed by atoms with Gasteiger partial charge in [0.15, 0.2) is 0 Å². The molecule has 0 spiro atoms. The number of rotatable bonds is 3. The summed E-state index contributed by atoms with van der Waals surface area (Å²) in [5, 5.41) is 8.41. The normalized spacial score (nSPS) is 20.5. The summed E-state index contributed by atoms with van der Waals surface area (Å²) in [6.45, 7) is 5.63. The average molecular weight is 190 g/mol. The van der Waals surface area contributed by atoms with Crippen LogP contribution in [0.4, 0.5) is 0 Å². The van der Waals surface area contributed by atoms with Crippen molar-refractivity contribution < 1.29 is 19.4 Å². The van der Waals surface area contributed by atoms with Crippen molar-refractivity contribution >= 4 is 5.97 Å². The highest BCUT2D eigenvalue weighted by molar-refractivity contribution is 5.71. The second kappa shape index (κ2) is 8.01. The van der Waals surface area contributed by atoms with E-state index in [-0.39, 0.29) is 18.7 Å². The Hall–Kier alpha value is -0.610. The molecule has 4 heteroatoms. The first-order valence-electron chi connectivity index (χ1n) is 4.62. The molecule has 0 bridgehead atoms. The summed E-state index contributed by atoms with van der Waals surface area (Å²) >= 11 is 0. The molecule has 0 aliphatic carbocycles. The van der Waals surface area contributed by atoms with Crippen molar-refractivity contribution in [3.63, 3.8) is 0 Å². The van der Waals surface area contributed by atoms with Crippen molar-refractivity contribution in [2.75, 3.05) is 19.8 Å². The van der Waals surface area contributed by atoms with Crippen LogP contribution in [0.5, 0.6) is 0 Å². The van der Waals surface area contributed by atoms with Gasteiger partial charge in [0.2, 0.25) is 0 Å². The summed E-state index contributed by atoms with van der Waals surface area (Å²) in [4.78, 5) is 10.3. The molecular weight excluding hydrogens is 172 g/mol. The summed E-state index contributed by atoms with van der Waals surface area (Å²) in [6, 6.07) is 0. The third-order valence-electron chi connectivity index (χ3n) is 1.58. The number of cyclic esters (lactones) is 1. The van der Waals surface area contributed by atoms with Gasteiger partial charge in [0.05, 0.1) is 6.61 Å². The van der Waals surface area contributed by atoms with E-state index in [2.05, 4.69) is 4.74 Å². The second-order valence-electron chi connectivity index (χ2n) is 2.61. The zero-order valence-electron chi connectivity index (χ0n) is 8.28. The van der Waals surface area contributed by atoms with Gasteiger partial charge in [-0.3, -0.25) is 4.79 Å². The molecule has 13 heavy (non-hydrogen) atoms. The molecule has 1 saturated heterocycles. The average Bonchev–Trinajstić information content (AvgIpc) is 2.54. The first-order valence-corrected chi connectivity index (χ1v) is 4.62. The molecule has 1 heterocycles. The summed E-state index contributed by atoms with van der Waals surface area (Å²) < 4.78 is 9.45. The van der Waals surface area contributed by atoms with Crippen LogP contribution in [-0.4, -0.2) is 37.0 Å². The van der Waals surface area contributed by atoms with Crippen LogP contribution in [0.25, 0.3) is 0 Å². The van der Waals surface area contributed by atoms with Crippen LogP contribution in [-0.2, 0) is 14.3 Å². The Balaban J connectivity index is 0.000000252. The molecule has 0 unspecified atom stereocenters. The number of esters is 1. The highest BCUT2D eigenvalue weighted by Crippen LogP contribution is 2.11. The zero-order valence-corrected chi connectivity index (χ0v) is 8.28. The van der Waals surface area contributed by atoms with Gasteiger partial charge in [0.1, 0.15) is 6.10 Å². The van der Waals surface area contributed by atoms with E-state index in [0.717, 1.165) is 13.2 Å². The van der Waals surface area contributed by atoms with Gasteiger partial charge in [-0.25, -0.2) is 0 Å². The summed E-state index contributed by atoms with van der Waals surface area (Å²) in [6.07, 6.45) is 0.920. The lowest BCUT2D eigenvalue weighted by atomic mass is 10.2. The Morgan fingerprint density at radius 1 is 1.54 bits per heavy atom. The zero-order chi connectivity index (χ0) is 10.1. The van der Waals surface area contributed by atoms with E-state index < -0.39 is 0 Å². The minimum Gasteiger partial charge on any atom is -0.460 e. The number of carbonyl (C=O) groups is 1. The third-order valence-corrected chi connectivity index (χ3v) is 1.58. The number of aliphatic hydroxyl groups excluding tert-OH is 1. The fourth-order valence-electron chi connectivity index (χ4n) is 0.915. The van der Waals surface area contributed by atoms with Gasteiger partial charge in [0, 0.05) is 19.6 Å². The van der Waals surface area contributed by atoms with E-state index in [4.69, 9.17) is 9.84 Å². The Kier molecular flexibility index (Phi) is 7.63. The maximum atomic E-state index is 10.3. The van der Waals surface area contributed by atoms with Crippen LogP contribution in [0, 0.1) is 0 Å². The predicted octanol–water partition coefficient (Wildman–Crippen LogP) is 0.727. The fraction of sp³-hybridized carbons (Fsp3) is 0.889. The van der Waals surface area contributed by atoms with Gasteiger partial charge >= 0.3 is 5.97 Å². The van der Waals surface area contributed by atoms with Crippen molar-refractivity contribution in [2.24, 2.45) is 0 Å². The molecule has 0 aromatic heterocycles. The van der Waals surface area contributed by atoms with Crippen LogP contribution in [0.1, 0.15) is 26.7 Å². The SMILES string of the molecule is CCOCC.O=C1CC[C@H](CO)O1. The number of aliphatic hydroxyl groups is 1. The van der Waals surface area contributed by atoms with Gasteiger partial charge in [-0.05, 0) is 20.3 Å². The largest absolute Gasteiger partial charge is 0.460 e. The van der Waals surface area contributed by atoms with E-state index in [0.29, 0.717) is 12.8 Å². The van der Waals surface area contributed by atoms with Crippen molar-refractivity contribution in [1.29, 1.82) is 0 Å². The molecule has 0 radical (unpaired) electrons. The fourth-order valence-corrected chi connectivity index (χ4v) is 0.915. The smallest absolute Gasteiger partial charge is 0.306 e. The maximum absolute atomic E-state index is 10.3. The lowest BCUT2D eigenvalue weighted by Crippen LogP contribution is -2.10. The minimum absolute atomic E-state index is 0.0360.